The van der Waals surface area contributed by atoms with Crippen molar-refractivity contribution in [3.05, 3.63) is 0 Å². The second-order valence-electron chi connectivity index (χ2n) is 5.65. The molecule has 2 aliphatic rings. The number of nitrogens with one attached hydrogen (secondary N) is 1. The van der Waals surface area contributed by atoms with Gasteiger partial charge in [-0.15, -0.1) is 0 Å². The van der Waals surface area contributed by atoms with Crippen molar-refractivity contribution >= 4 is 5.91 Å². The van der Waals surface area contributed by atoms with Gasteiger partial charge in [-0.2, -0.15) is 0 Å². The zero-order valence-corrected chi connectivity index (χ0v) is 9.38. The van der Waals surface area contributed by atoms with E-state index in [-0.39, 0.29) is 17.4 Å². The first kappa shape index (κ1) is 10.9. The summed E-state index contributed by atoms with van der Waals surface area (Å²) in [4.78, 5) is 16.8. The average molecular weight is 213 g/mol. The summed E-state index contributed by atoms with van der Waals surface area (Å²) in [6.07, 6.45) is 4.36. The van der Waals surface area contributed by atoms with Crippen LogP contribution in [0.5, 0.6) is 0 Å². The smallest absolute Gasteiger partial charge is 0.275 e. The molecular weight excluding hydrogens is 194 g/mol. The van der Waals surface area contributed by atoms with Gasteiger partial charge >= 0.3 is 0 Å². The van der Waals surface area contributed by atoms with Crippen molar-refractivity contribution in [2.45, 2.75) is 57.7 Å². The van der Waals surface area contributed by atoms with E-state index in [0.717, 1.165) is 19.3 Å². The Labute approximate surface area is 90.0 Å². The molecule has 0 spiro atoms. The number of aliphatic hydroxyl groups is 1. The summed E-state index contributed by atoms with van der Waals surface area (Å²) >= 11 is 0. The lowest BCUT2D eigenvalue weighted by molar-refractivity contribution is -0.183. The molecule has 0 saturated heterocycles. The summed E-state index contributed by atoms with van der Waals surface area (Å²) in [7, 11) is 0. The van der Waals surface area contributed by atoms with Crippen molar-refractivity contribution < 1.29 is 14.7 Å². The Morgan fingerprint density at radius 3 is 2.40 bits per heavy atom. The third kappa shape index (κ3) is 2.16. The minimum atomic E-state index is -1.20. The molecular formula is C11H19NO3. The summed E-state index contributed by atoms with van der Waals surface area (Å²) in [5.41, 5.74) is 1.25. The fraction of sp³-hybridized carbons (Fsp3) is 0.909. The maximum Gasteiger partial charge on any atom is 0.275 e. The first-order valence-corrected chi connectivity index (χ1v) is 5.60. The highest BCUT2D eigenvalue weighted by Crippen LogP contribution is 2.47. The van der Waals surface area contributed by atoms with Crippen molar-refractivity contribution in [2.75, 3.05) is 0 Å². The molecule has 0 aromatic rings. The van der Waals surface area contributed by atoms with Crippen LogP contribution in [0.15, 0.2) is 0 Å². The van der Waals surface area contributed by atoms with Crippen LogP contribution in [0.1, 0.15) is 46.0 Å². The monoisotopic (exact) mass is 213 g/mol. The van der Waals surface area contributed by atoms with E-state index in [9.17, 15) is 9.90 Å². The van der Waals surface area contributed by atoms with E-state index in [1.165, 1.54) is 0 Å². The summed E-state index contributed by atoms with van der Waals surface area (Å²) in [6.45, 7) is 4.09. The molecule has 4 heteroatoms. The summed E-state index contributed by atoms with van der Waals surface area (Å²) in [5, 5.41) is 9.93. The van der Waals surface area contributed by atoms with Crippen LogP contribution in [0, 0.1) is 5.41 Å². The fourth-order valence-corrected chi connectivity index (χ4v) is 2.41. The number of carbonyl (C=O) groups is 1. The lowest BCUT2D eigenvalue weighted by atomic mass is 9.61. The van der Waals surface area contributed by atoms with Gasteiger partial charge in [0.2, 0.25) is 0 Å². The highest BCUT2D eigenvalue weighted by molar-refractivity contribution is 5.85. The van der Waals surface area contributed by atoms with Gasteiger partial charge in [-0.3, -0.25) is 9.63 Å². The van der Waals surface area contributed by atoms with E-state index in [4.69, 9.17) is 4.84 Å². The molecule has 2 saturated carbocycles. The van der Waals surface area contributed by atoms with Gasteiger partial charge in [-0.05, 0) is 37.5 Å². The molecule has 1 amide bonds. The van der Waals surface area contributed by atoms with Crippen LogP contribution in [-0.4, -0.2) is 22.7 Å². The summed E-state index contributed by atoms with van der Waals surface area (Å²) in [5.74, 6) is -0.381. The Morgan fingerprint density at radius 2 is 2.00 bits per heavy atom. The van der Waals surface area contributed by atoms with Crippen molar-refractivity contribution in [3.8, 4) is 0 Å². The maximum atomic E-state index is 11.6. The van der Waals surface area contributed by atoms with Crippen molar-refractivity contribution in [2.24, 2.45) is 5.41 Å². The molecule has 86 valence electrons. The topological polar surface area (TPSA) is 58.6 Å². The first-order chi connectivity index (χ1) is 6.91. The summed E-state index contributed by atoms with van der Waals surface area (Å²) in [6, 6.07) is 0. The molecule has 0 aliphatic heterocycles. The molecule has 0 heterocycles. The number of carbonyl (C=O) groups excluding carboxylic acids is 1. The van der Waals surface area contributed by atoms with Crippen LogP contribution in [0.3, 0.4) is 0 Å². The normalized spacial score (nSPS) is 27.7. The third-order valence-electron chi connectivity index (χ3n) is 3.34. The Morgan fingerprint density at radius 1 is 1.40 bits per heavy atom. The lowest BCUT2D eigenvalue weighted by Crippen LogP contribution is -2.59. The second kappa shape index (κ2) is 3.46. The van der Waals surface area contributed by atoms with Crippen LogP contribution in [-0.2, 0) is 9.63 Å². The molecule has 2 fully saturated rings. The average Bonchev–Trinajstić information content (AvgIpc) is 1.97. The lowest BCUT2D eigenvalue weighted by Gasteiger charge is -2.48. The maximum absolute atomic E-state index is 11.6. The first-order valence-electron chi connectivity index (χ1n) is 5.60. The standard InChI is InChI=1S/C11H19NO3/c1-10(2)6-11(14,7-10)9(13)12-15-8-4-3-5-8/h8,14H,3-7H2,1-2H3,(H,12,13). The Hall–Kier alpha value is -0.610. The number of rotatable bonds is 3. The van der Waals surface area contributed by atoms with E-state index in [0.29, 0.717) is 12.8 Å². The van der Waals surface area contributed by atoms with E-state index in [2.05, 4.69) is 5.48 Å². The largest absolute Gasteiger partial charge is 0.380 e. The predicted octanol–water partition coefficient (Wildman–Crippen LogP) is 1.14. The van der Waals surface area contributed by atoms with E-state index < -0.39 is 5.60 Å². The van der Waals surface area contributed by atoms with Gasteiger partial charge in [0.1, 0.15) is 5.60 Å². The minimum absolute atomic E-state index is 0.0720. The van der Waals surface area contributed by atoms with Crippen LogP contribution in [0.25, 0.3) is 0 Å². The Kier molecular flexibility index (Phi) is 2.51. The van der Waals surface area contributed by atoms with Gasteiger partial charge < -0.3 is 5.11 Å². The highest BCUT2D eigenvalue weighted by atomic mass is 16.7. The van der Waals surface area contributed by atoms with Gasteiger partial charge in [0, 0.05) is 0 Å². The molecule has 15 heavy (non-hydrogen) atoms. The predicted molar refractivity (Wildman–Crippen MR) is 54.8 cm³/mol. The number of amides is 1. The molecule has 0 aromatic heterocycles. The number of hydrogen-bond donors (Lipinski definition) is 2. The van der Waals surface area contributed by atoms with E-state index in [1.54, 1.807) is 0 Å². The van der Waals surface area contributed by atoms with Crippen molar-refractivity contribution in [1.29, 1.82) is 0 Å². The van der Waals surface area contributed by atoms with Gasteiger partial charge in [0.15, 0.2) is 0 Å². The van der Waals surface area contributed by atoms with Gasteiger partial charge in [-0.25, -0.2) is 5.48 Å². The molecule has 2 N–H and O–H groups in total. The van der Waals surface area contributed by atoms with Gasteiger partial charge in [0.05, 0.1) is 6.10 Å². The van der Waals surface area contributed by atoms with Crippen LogP contribution in [0.4, 0.5) is 0 Å². The molecule has 0 radical (unpaired) electrons. The molecule has 2 rings (SSSR count). The van der Waals surface area contributed by atoms with E-state index >= 15 is 0 Å². The van der Waals surface area contributed by atoms with Crippen LogP contribution < -0.4 is 5.48 Å². The van der Waals surface area contributed by atoms with Crippen molar-refractivity contribution in [1.82, 2.24) is 5.48 Å². The quantitative estimate of drug-likeness (QED) is 0.691. The van der Waals surface area contributed by atoms with Gasteiger partial charge in [0.25, 0.3) is 5.91 Å². The minimum Gasteiger partial charge on any atom is -0.380 e. The van der Waals surface area contributed by atoms with Crippen LogP contribution in [0.2, 0.25) is 0 Å². The van der Waals surface area contributed by atoms with E-state index in [1.807, 2.05) is 13.8 Å². The van der Waals surface area contributed by atoms with Crippen molar-refractivity contribution in [3.63, 3.8) is 0 Å². The SMILES string of the molecule is CC1(C)CC(O)(C(=O)NOC2CCC2)C1. The molecule has 0 aromatic carbocycles. The third-order valence-corrected chi connectivity index (χ3v) is 3.34. The zero-order chi connectivity index (χ0) is 11.1. The molecule has 0 unspecified atom stereocenters. The Balaban J connectivity index is 1.76. The summed E-state index contributed by atoms with van der Waals surface area (Å²) < 4.78 is 0. The number of hydroxylamine groups is 1. The fourth-order valence-electron chi connectivity index (χ4n) is 2.41. The number of hydrogen-bond acceptors (Lipinski definition) is 3. The van der Waals surface area contributed by atoms with Crippen LogP contribution >= 0.6 is 0 Å². The second-order valence-corrected chi connectivity index (χ2v) is 5.65. The highest BCUT2D eigenvalue weighted by Gasteiger charge is 2.53. The molecule has 2 aliphatic carbocycles. The molecule has 0 atom stereocenters. The Bertz CT molecular complexity index is 263. The van der Waals surface area contributed by atoms with Gasteiger partial charge in [-0.1, -0.05) is 13.8 Å². The zero-order valence-electron chi connectivity index (χ0n) is 9.38. The molecule has 4 nitrogen and oxygen atoms in total. The molecule has 0 bridgehead atoms.